The highest BCUT2D eigenvalue weighted by atomic mass is 35.5. The molecule has 21 heavy (non-hydrogen) atoms. The molecule has 2 aromatic carbocycles. The number of hydrogen-bond donors (Lipinski definition) is 3. The zero-order chi connectivity index (χ0) is 15.6. The minimum absolute atomic E-state index is 0.266. The van der Waals surface area contributed by atoms with E-state index in [0.717, 1.165) is 0 Å². The first-order valence-corrected chi connectivity index (χ1v) is 7.15. The van der Waals surface area contributed by atoms with Gasteiger partial charge < -0.3 is 10.7 Å². The summed E-state index contributed by atoms with van der Waals surface area (Å²) in [7, 11) is 0. The standard InChI is InChI=1S/C13H9Cl4N3O/c14-6-1-2-11(20-18)7(3-6)13(21)19-12-5-9(16)8(15)4-10(12)17/h1-5,20H,18H2,(H,19,21). The Morgan fingerprint density at radius 2 is 1.57 bits per heavy atom. The molecule has 0 saturated heterocycles. The van der Waals surface area contributed by atoms with Gasteiger partial charge in [-0.1, -0.05) is 46.4 Å². The van der Waals surface area contributed by atoms with Crippen LogP contribution in [0.3, 0.4) is 0 Å². The average molecular weight is 365 g/mol. The fourth-order valence-electron chi connectivity index (χ4n) is 1.64. The molecule has 2 aromatic rings. The highest BCUT2D eigenvalue weighted by Crippen LogP contribution is 2.33. The molecule has 0 aliphatic carbocycles. The number of anilines is 2. The molecule has 2 rings (SSSR count). The quantitative estimate of drug-likeness (QED) is 0.414. The van der Waals surface area contributed by atoms with Crippen LogP contribution < -0.4 is 16.6 Å². The van der Waals surface area contributed by atoms with Crippen LogP contribution >= 0.6 is 46.4 Å². The van der Waals surface area contributed by atoms with Gasteiger partial charge in [-0.05, 0) is 30.3 Å². The van der Waals surface area contributed by atoms with Gasteiger partial charge in [-0.25, -0.2) is 0 Å². The van der Waals surface area contributed by atoms with Crippen LogP contribution in [0.4, 0.5) is 11.4 Å². The van der Waals surface area contributed by atoms with Crippen LogP contribution in [0.15, 0.2) is 30.3 Å². The lowest BCUT2D eigenvalue weighted by atomic mass is 10.1. The molecular formula is C13H9Cl4N3O. The second kappa shape index (κ2) is 6.73. The summed E-state index contributed by atoms with van der Waals surface area (Å²) in [5.74, 6) is 4.93. The number of hydrazine groups is 1. The van der Waals surface area contributed by atoms with E-state index in [4.69, 9.17) is 52.2 Å². The number of hydrogen-bond acceptors (Lipinski definition) is 3. The van der Waals surface area contributed by atoms with E-state index < -0.39 is 5.91 Å². The van der Waals surface area contributed by atoms with Crippen LogP contribution in [-0.4, -0.2) is 5.91 Å². The maximum atomic E-state index is 12.3. The van der Waals surface area contributed by atoms with Crippen molar-refractivity contribution in [3.05, 3.63) is 56.0 Å². The number of nitrogens with two attached hydrogens (primary N) is 1. The topological polar surface area (TPSA) is 67.1 Å². The van der Waals surface area contributed by atoms with Gasteiger partial charge in [0.2, 0.25) is 0 Å². The summed E-state index contributed by atoms with van der Waals surface area (Å²) in [6.07, 6.45) is 0. The Kier molecular flexibility index (Phi) is 5.19. The lowest BCUT2D eigenvalue weighted by Crippen LogP contribution is -2.17. The molecule has 0 radical (unpaired) electrons. The lowest BCUT2D eigenvalue weighted by molar-refractivity contribution is 0.102. The number of amides is 1. The molecule has 0 aromatic heterocycles. The van der Waals surface area contributed by atoms with Crippen LogP contribution in [0.1, 0.15) is 10.4 Å². The molecule has 0 fully saturated rings. The van der Waals surface area contributed by atoms with Crippen molar-refractivity contribution in [1.82, 2.24) is 0 Å². The van der Waals surface area contributed by atoms with Crippen molar-refractivity contribution in [2.45, 2.75) is 0 Å². The van der Waals surface area contributed by atoms with Gasteiger partial charge in [-0.3, -0.25) is 10.6 Å². The second-order valence-electron chi connectivity index (χ2n) is 4.03. The molecule has 0 bridgehead atoms. The summed E-state index contributed by atoms with van der Waals surface area (Å²) >= 11 is 23.6. The number of rotatable bonds is 3. The molecule has 0 aliphatic rings. The van der Waals surface area contributed by atoms with Gasteiger partial charge in [0.05, 0.1) is 32.0 Å². The van der Waals surface area contributed by atoms with Crippen LogP contribution in [0.2, 0.25) is 20.1 Å². The van der Waals surface area contributed by atoms with E-state index in [-0.39, 0.29) is 15.6 Å². The third kappa shape index (κ3) is 3.73. The molecule has 8 heteroatoms. The van der Waals surface area contributed by atoms with Crippen molar-refractivity contribution in [1.29, 1.82) is 0 Å². The average Bonchev–Trinajstić information content (AvgIpc) is 2.44. The fourth-order valence-corrected chi connectivity index (χ4v) is 2.40. The van der Waals surface area contributed by atoms with Crippen LogP contribution in [-0.2, 0) is 0 Å². The molecule has 1 amide bonds. The van der Waals surface area contributed by atoms with Gasteiger partial charge in [0.25, 0.3) is 5.91 Å². The summed E-state index contributed by atoms with van der Waals surface area (Å²) in [5.41, 5.74) is 3.45. The van der Waals surface area contributed by atoms with Crippen molar-refractivity contribution in [2.75, 3.05) is 10.7 Å². The zero-order valence-electron chi connectivity index (χ0n) is 10.4. The number of benzene rings is 2. The van der Waals surface area contributed by atoms with Crippen molar-refractivity contribution in [3.8, 4) is 0 Å². The largest absolute Gasteiger partial charge is 0.323 e. The van der Waals surface area contributed by atoms with Crippen LogP contribution in [0.25, 0.3) is 0 Å². The Balaban J connectivity index is 2.34. The van der Waals surface area contributed by atoms with Gasteiger partial charge in [0, 0.05) is 5.02 Å². The fraction of sp³-hybridized carbons (Fsp3) is 0. The van der Waals surface area contributed by atoms with Crippen molar-refractivity contribution in [2.24, 2.45) is 5.84 Å². The first kappa shape index (κ1) is 16.2. The summed E-state index contributed by atoms with van der Waals surface area (Å²) in [4.78, 5) is 12.3. The van der Waals surface area contributed by atoms with E-state index in [1.165, 1.54) is 18.2 Å². The first-order chi connectivity index (χ1) is 9.92. The number of carbonyl (C=O) groups is 1. The summed E-state index contributed by atoms with van der Waals surface area (Å²) in [6.45, 7) is 0. The van der Waals surface area contributed by atoms with Gasteiger partial charge in [-0.15, -0.1) is 0 Å². The van der Waals surface area contributed by atoms with Gasteiger partial charge >= 0.3 is 0 Å². The lowest BCUT2D eigenvalue weighted by Gasteiger charge is -2.12. The molecule has 0 aliphatic heterocycles. The monoisotopic (exact) mass is 363 g/mol. The molecular weight excluding hydrogens is 356 g/mol. The van der Waals surface area contributed by atoms with E-state index in [1.807, 2.05) is 0 Å². The molecule has 0 spiro atoms. The Labute approximate surface area is 141 Å². The number of nitrogens with one attached hydrogen (secondary N) is 2. The maximum absolute atomic E-state index is 12.3. The second-order valence-corrected chi connectivity index (χ2v) is 5.69. The molecule has 0 unspecified atom stereocenters. The van der Waals surface area contributed by atoms with Crippen molar-refractivity contribution < 1.29 is 4.79 Å². The minimum Gasteiger partial charge on any atom is -0.323 e. The molecule has 0 atom stereocenters. The highest BCUT2D eigenvalue weighted by molar-refractivity contribution is 6.44. The van der Waals surface area contributed by atoms with E-state index in [0.29, 0.717) is 21.4 Å². The van der Waals surface area contributed by atoms with Gasteiger partial charge in [-0.2, -0.15) is 0 Å². The third-order valence-electron chi connectivity index (χ3n) is 2.64. The summed E-state index contributed by atoms with van der Waals surface area (Å²) in [5, 5.41) is 3.87. The molecule has 4 nitrogen and oxygen atoms in total. The minimum atomic E-state index is -0.439. The van der Waals surface area contributed by atoms with Crippen LogP contribution in [0, 0.1) is 0 Å². The first-order valence-electron chi connectivity index (χ1n) is 5.64. The Morgan fingerprint density at radius 1 is 0.905 bits per heavy atom. The van der Waals surface area contributed by atoms with E-state index in [9.17, 15) is 4.79 Å². The van der Waals surface area contributed by atoms with Crippen LogP contribution in [0.5, 0.6) is 0 Å². The van der Waals surface area contributed by atoms with Gasteiger partial charge in [0.15, 0.2) is 0 Å². The maximum Gasteiger partial charge on any atom is 0.257 e. The van der Waals surface area contributed by atoms with Gasteiger partial charge in [0.1, 0.15) is 0 Å². The van der Waals surface area contributed by atoms with Crippen molar-refractivity contribution in [3.63, 3.8) is 0 Å². The Morgan fingerprint density at radius 3 is 2.24 bits per heavy atom. The smallest absolute Gasteiger partial charge is 0.257 e. The number of nitrogen functional groups attached to an aromatic ring is 1. The van der Waals surface area contributed by atoms with E-state index in [1.54, 1.807) is 12.1 Å². The predicted molar refractivity (Wildman–Crippen MR) is 88.7 cm³/mol. The van der Waals surface area contributed by atoms with E-state index >= 15 is 0 Å². The molecule has 110 valence electrons. The van der Waals surface area contributed by atoms with E-state index in [2.05, 4.69) is 10.7 Å². The SMILES string of the molecule is NNc1ccc(Cl)cc1C(=O)Nc1cc(Cl)c(Cl)cc1Cl. The highest BCUT2D eigenvalue weighted by Gasteiger charge is 2.14. The molecule has 4 N–H and O–H groups in total. The number of carbonyl (C=O) groups excluding carboxylic acids is 1. The summed E-state index contributed by atoms with van der Waals surface area (Å²) in [6, 6.07) is 7.59. The van der Waals surface area contributed by atoms with Crippen molar-refractivity contribution >= 4 is 63.7 Å². The molecule has 0 saturated carbocycles. The summed E-state index contributed by atoms with van der Waals surface area (Å²) < 4.78 is 0. The number of halogens is 4. The third-order valence-corrected chi connectivity index (χ3v) is 3.91. The predicted octanol–water partition coefficient (Wildman–Crippen LogP) is 4.84. The Hall–Kier alpha value is -1.17. The Bertz CT molecular complexity index is 706. The normalized spacial score (nSPS) is 10.3. The molecule has 0 heterocycles. The zero-order valence-corrected chi connectivity index (χ0v) is 13.4.